The third-order valence-corrected chi connectivity index (χ3v) is 7.56. The number of halogens is 3. The molecule has 2 N–H and O–H groups in total. The van der Waals surface area contributed by atoms with E-state index in [0.29, 0.717) is 17.7 Å². The van der Waals surface area contributed by atoms with E-state index in [1.54, 1.807) is 37.3 Å². The van der Waals surface area contributed by atoms with Crippen LogP contribution in [0.2, 0.25) is 0 Å². The number of hydrogen-bond donors (Lipinski definition) is 2. The van der Waals surface area contributed by atoms with Crippen LogP contribution >= 0.6 is 0 Å². The van der Waals surface area contributed by atoms with E-state index in [1.165, 1.54) is 0 Å². The quantitative estimate of drug-likeness (QED) is 0.211. The zero-order valence-corrected chi connectivity index (χ0v) is 23.2. The summed E-state index contributed by atoms with van der Waals surface area (Å²) in [4.78, 5) is 28.7. The maximum Gasteiger partial charge on any atom is 0.416 e. The average molecular weight is 572 g/mol. The molecule has 1 unspecified atom stereocenters. The number of alkyl halides is 3. The van der Waals surface area contributed by atoms with E-state index < -0.39 is 29.7 Å². The smallest absolute Gasteiger partial charge is 0.416 e. The van der Waals surface area contributed by atoms with Crippen LogP contribution in [0, 0.1) is 13.8 Å². The number of pyridine rings is 1. The number of hydrogen-bond acceptors (Lipinski definition) is 3. The SMILES string of the molecule is Cc1c(C)n(Cc2ccc(-c3ccccc3C(=O)O)cc2)c2ccc(C(=O)NC(C)c3cc(C(F)(F)F)ccn3)cc12. The second-order valence-electron chi connectivity index (χ2n) is 10.2. The van der Waals surface area contributed by atoms with Crippen molar-refractivity contribution in [1.29, 1.82) is 0 Å². The molecule has 0 saturated carbocycles. The molecule has 2 aromatic heterocycles. The van der Waals surface area contributed by atoms with E-state index in [4.69, 9.17) is 0 Å². The van der Waals surface area contributed by atoms with Gasteiger partial charge in [0.25, 0.3) is 5.91 Å². The molecule has 0 aliphatic rings. The van der Waals surface area contributed by atoms with Crippen LogP contribution < -0.4 is 5.32 Å². The Morgan fingerprint density at radius 1 is 0.976 bits per heavy atom. The van der Waals surface area contributed by atoms with Crippen LogP contribution in [0.1, 0.15) is 61.8 Å². The van der Waals surface area contributed by atoms with Gasteiger partial charge in [0, 0.05) is 34.9 Å². The normalized spacial score (nSPS) is 12.3. The van der Waals surface area contributed by atoms with Crippen molar-refractivity contribution < 1.29 is 27.9 Å². The van der Waals surface area contributed by atoms with Gasteiger partial charge in [-0.2, -0.15) is 13.2 Å². The first-order valence-corrected chi connectivity index (χ1v) is 13.3. The third-order valence-electron chi connectivity index (χ3n) is 7.56. The molecule has 5 rings (SSSR count). The maximum absolute atomic E-state index is 13.1. The van der Waals surface area contributed by atoms with Crippen molar-refractivity contribution in [3.8, 4) is 11.1 Å². The minimum absolute atomic E-state index is 0.120. The molecule has 2 heterocycles. The lowest BCUT2D eigenvalue weighted by Crippen LogP contribution is -2.27. The number of aryl methyl sites for hydroxylation is 1. The molecule has 214 valence electrons. The second kappa shape index (κ2) is 11.2. The highest BCUT2D eigenvalue weighted by molar-refractivity contribution is 5.99. The fourth-order valence-electron chi connectivity index (χ4n) is 5.10. The Bertz CT molecular complexity index is 1810. The minimum atomic E-state index is -4.50. The summed E-state index contributed by atoms with van der Waals surface area (Å²) in [5.74, 6) is -1.39. The predicted octanol–water partition coefficient (Wildman–Crippen LogP) is 7.58. The summed E-state index contributed by atoms with van der Waals surface area (Å²) in [5.41, 5.74) is 5.41. The van der Waals surface area contributed by atoms with Gasteiger partial charge in [-0.25, -0.2) is 4.79 Å². The number of carbonyl (C=O) groups is 2. The summed E-state index contributed by atoms with van der Waals surface area (Å²) in [6, 6.07) is 21.1. The summed E-state index contributed by atoms with van der Waals surface area (Å²) in [7, 11) is 0. The molecule has 9 heteroatoms. The van der Waals surface area contributed by atoms with Gasteiger partial charge in [0.2, 0.25) is 0 Å². The Morgan fingerprint density at radius 3 is 2.38 bits per heavy atom. The predicted molar refractivity (Wildman–Crippen MR) is 154 cm³/mol. The van der Waals surface area contributed by atoms with E-state index in [-0.39, 0.29) is 11.3 Å². The lowest BCUT2D eigenvalue weighted by atomic mass is 9.99. The molecular formula is C33H28F3N3O3. The van der Waals surface area contributed by atoms with Crippen molar-refractivity contribution in [1.82, 2.24) is 14.9 Å². The van der Waals surface area contributed by atoms with Gasteiger partial charge in [0.05, 0.1) is 22.9 Å². The monoisotopic (exact) mass is 571 g/mol. The van der Waals surface area contributed by atoms with E-state index in [2.05, 4.69) is 14.9 Å². The first kappa shape index (κ1) is 28.6. The molecule has 1 amide bonds. The van der Waals surface area contributed by atoms with E-state index in [1.807, 2.05) is 50.2 Å². The van der Waals surface area contributed by atoms with Crippen LogP contribution in [0.4, 0.5) is 13.2 Å². The van der Waals surface area contributed by atoms with E-state index in [9.17, 15) is 27.9 Å². The van der Waals surface area contributed by atoms with Gasteiger partial charge < -0.3 is 15.0 Å². The third kappa shape index (κ3) is 5.63. The van der Waals surface area contributed by atoms with Gasteiger partial charge in [0.15, 0.2) is 0 Å². The van der Waals surface area contributed by atoms with Crippen LogP contribution in [0.15, 0.2) is 85.1 Å². The first-order valence-electron chi connectivity index (χ1n) is 13.3. The summed E-state index contributed by atoms with van der Waals surface area (Å²) >= 11 is 0. The Balaban J connectivity index is 1.37. The number of fused-ring (bicyclic) bond motifs is 1. The molecule has 0 aliphatic heterocycles. The molecule has 0 saturated heterocycles. The number of rotatable bonds is 7. The summed E-state index contributed by atoms with van der Waals surface area (Å²) < 4.78 is 41.5. The molecule has 5 aromatic rings. The van der Waals surface area contributed by atoms with Crippen LogP contribution in [0.5, 0.6) is 0 Å². The number of carboxylic acid groups (broad SMARTS) is 1. The van der Waals surface area contributed by atoms with Crippen molar-refractivity contribution in [3.05, 3.63) is 124 Å². The fraction of sp³-hybridized carbons (Fsp3) is 0.182. The highest BCUT2D eigenvalue weighted by Crippen LogP contribution is 2.31. The van der Waals surface area contributed by atoms with Crippen molar-refractivity contribution in [3.63, 3.8) is 0 Å². The number of carbonyl (C=O) groups excluding carboxylic acids is 1. The van der Waals surface area contributed by atoms with Gasteiger partial charge in [-0.15, -0.1) is 0 Å². The van der Waals surface area contributed by atoms with Gasteiger partial charge in [-0.1, -0.05) is 42.5 Å². The number of aromatic carboxylic acids is 1. The van der Waals surface area contributed by atoms with Gasteiger partial charge in [-0.3, -0.25) is 9.78 Å². The van der Waals surface area contributed by atoms with Crippen LogP contribution in [-0.4, -0.2) is 26.5 Å². The van der Waals surface area contributed by atoms with Crippen molar-refractivity contribution in [2.45, 2.75) is 39.5 Å². The van der Waals surface area contributed by atoms with Gasteiger partial charge in [0.1, 0.15) is 0 Å². The number of nitrogens with one attached hydrogen (secondary N) is 1. The van der Waals surface area contributed by atoms with Gasteiger partial charge in [-0.05, 0) is 79.4 Å². The topological polar surface area (TPSA) is 84.2 Å². The van der Waals surface area contributed by atoms with Crippen LogP contribution in [0.3, 0.4) is 0 Å². The maximum atomic E-state index is 13.1. The average Bonchev–Trinajstić information content (AvgIpc) is 3.21. The second-order valence-corrected chi connectivity index (χ2v) is 10.2. The summed E-state index contributed by atoms with van der Waals surface area (Å²) in [5, 5.41) is 13.2. The molecule has 0 spiro atoms. The standard InChI is InChI=1S/C33H28F3N3O3/c1-19-21(3)39(18-22-8-10-23(11-9-22)26-6-4-5-7-27(26)32(41)42)30-13-12-24(16-28(19)30)31(40)38-20(2)29-17-25(14-15-37-29)33(34,35)36/h4-17,20H,18H2,1-3H3,(H,38,40)(H,41,42). The van der Waals surface area contributed by atoms with Crippen molar-refractivity contribution >= 4 is 22.8 Å². The molecule has 1 atom stereocenters. The van der Waals surface area contributed by atoms with Crippen LogP contribution in [0.25, 0.3) is 22.0 Å². The molecule has 6 nitrogen and oxygen atoms in total. The Labute approximate surface area is 240 Å². The molecule has 0 aliphatic carbocycles. The molecule has 0 bridgehead atoms. The Hall–Kier alpha value is -4.92. The number of nitrogens with zero attached hydrogens (tertiary/aromatic N) is 2. The zero-order valence-electron chi connectivity index (χ0n) is 23.2. The first-order chi connectivity index (χ1) is 19.9. The van der Waals surface area contributed by atoms with Gasteiger partial charge >= 0.3 is 12.1 Å². The number of amides is 1. The van der Waals surface area contributed by atoms with Crippen molar-refractivity contribution in [2.75, 3.05) is 0 Å². The van der Waals surface area contributed by atoms with Crippen molar-refractivity contribution in [2.24, 2.45) is 0 Å². The fourth-order valence-corrected chi connectivity index (χ4v) is 5.10. The molecule has 0 fully saturated rings. The van der Waals surface area contributed by atoms with Crippen LogP contribution in [-0.2, 0) is 12.7 Å². The number of benzene rings is 3. The Kier molecular flexibility index (Phi) is 7.60. The minimum Gasteiger partial charge on any atom is -0.478 e. The Morgan fingerprint density at radius 2 is 1.69 bits per heavy atom. The lowest BCUT2D eigenvalue weighted by Gasteiger charge is -2.15. The summed E-state index contributed by atoms with van der Waals surface area (Å²) in [6.45, 7) is 6.15. The molecule has 0 radical (unpaired) electrons. The summed E-state index contributed by atoms with van der Waals surface area (Å²) in [6.07, 6.45) is -3.41. The number of aromatic nitrogens is 2. The molecular weight excluding hydrogens is 543 g/mol. The molecule has 3 aromatic carbocycles. The number of carboxylic acids is 1. The van der Waals surface area contributed by atoms with E-state index >= 15 is 0 Å². The highest BCUT2D eigenvalue weighted by atomic mass is 19.4. The highest BCUT2D eigenvalue weighted by Gasteiger charge is 2.31. The lowest BCUT2D eigenvalue weighted by molar-refractivity contribution is -0.137. The zero-order chi connectivity index (χ0) is 30.2. The van der Waals surface area contributed by atoms with E-state index in [0.717, 1.165) is 51.6 Å². The largest absolute Gasteiger partial charge is 0.478 e. The molecule has 42 heavy (non-hydrogen) atoms.